The van der Waals surface area contributed by atoms with Gasteiger partial charge in [0.1, 0.15) is 0 Å². The number of hydrogen-bond acceptors (Lipinski definition) is 1. The molecule has 2 N–H and O–H groups in total. The zero-order valence-electron chi connectivity index (χ0n) is 8.02. The molecule has 0 spiro atoms. The first kappa shape index (κ1) is 29.8. The Morgan fingerprint density at radius 2 is 1.38 bits per heavy atom. The van der Waals surface area contributed by atoms with Crippen molar-refractivity contribution >= 4 is 92.8 Å². The van der Waals surface area contributed by atoms with Crippen LogP contribution in [0.5, 0.6) is 0 Å². The molecule has 0 aromatic rings. The third-order valence-corrected chi connectivity index (χ3v) is 0. The van der Waals surface area contributed by atoms with E-state index < -0.39 is 6.16 Å². The van der Waals surface area contributed by atoms with Crippen LogP contribution in [0.3, 0.4) is 0 Å². The fourth-order valence-corrected chi connectivity index (χ4v) is 0. The second-order valence-electron chi connectivity index (χ2n) is 0.283. The van der Waals surface area contributed by atoms with E-state index in [1.807, 2.05) is 0 Å². The molecule has 0 aromatic heterocycles. The molecule has 47 valence electrons. The second kappa shape index (κ2) is 22.4. The van der Waals surface area contributed by atoms with Gasteiger partial charge in [0, 0.05) is 48.6 Å². The van der Waals surface area contributed by atoms with Gasteiger partial charge in [-0.05, 0) is 0 Å². The van der Waals surface area contributed by atoms with Crippen LogP contribution in [-0.2, 0) is 48.6 Å². The van der Waals surface area contributed by atoms with E-state index in [0.29, 0.717) is 0 Å². The summed E-state index contributed by atoms with van der Waals surface area (Å²) in [5.74, 6) is 0. The first-order chi connectivity index (χ1) is 1.73. The van der Waals surface area contributed by atoms with Crippen LogP contribution >= 0.6 is 0 Å². The minimum absolute atomic E-state index is 0. The van der Waals surface area contributed by atoms with E-state index in [1.165, 1.54) is 0 Å². The van der Waals surface area contributed by atoms with Gasteiger partial charge in [0.05, 0.1) is 0 Å². The van der Waals surface area contributed by atoms with Gasteiger partial charge in [0.2, 0.25) is 0 Å². The van der Waals surface area contributed by atoms with Gasteiger partial charge in [-0.2, -0.15) is 0 Å². The molecule has 8 heavy (non-hydrogen) atoms. The Kier molecular flexibility index (Phi) is 83.6. The predicted molar refractivity (Wildman–Crippen MR) is 26.6 cm³/mol. The van der Waals surface area contributed by atoms with Crippen LogP contribution in [0.15, 0.2) is 0 Å². The van der Waals surface area contributed by atoms with Crippen molar-refractivity contribution < 1.29 is 69.3 Å². The van der Waals surface area contributed by atoms with E-state index in [1.54, 1.807) is 0 Å². The van der Waals surface area contributed by atoms with Crippen LogP contribution in [-0.4, -0.2) is 103 Å². The molecule has 0 bridgehead atoms. The van der Waals surface area contributed by atoms with Gasteiger partial charge in [0.25, 0.3) is 0 Å². The molecule has 0 heterocycles. The Balaban J connectivity index is -0.00000000161. The first-order valence-electron chi connectivity index (χ1n) is 0.651. The Labute approximate surface area is 158 Å². The molecular formula is CH6AgBaCaO3Zr. The minimum atomic E-state index is -1.83. The SMILES string of the molecule is O=C(O)O.[Ag].[Ba+2].[Ca+2].[H-].[H-].[H-].[H-].[Zr]. The smallest absolute Gasteiger partial charge is 1.00 e. The van der Waals surface area contributed by atoms with Crippen molar-refractivity contribution in [2.24, 2.45) is 0 Å². The van der Waals surface area contributed by atoms with Gasteiger partial charge in [-0.3, -0.25) is 0 Å². The zero-order valence-corrected chi connectivity index (χ0v) is 14.6. The van der Waals surface area contributed by atoms with Gasteiger partial charge in [-0.25, -0.2) is 4.79 Å². The zero-order chi connectivity index (χ0) is 3.58. The first-order valence-corrected chi connectivity index (χ1v) is 0.651. The fourth-order valence-electron chi connectivity index (χ4n) is 0. The maximum absolute atomic E-state index is 8.56. The van der Waals surface area contributed by atoms with Crippen molar-refractivity contribution in [2.75, 3.05) is 0 Å². The molecule has 0 saturated carbocycles. The average Bonchev–Trinajstić information content (AvgIpc) is 0.811. The van der Waals surface area contributed by atoms with Crippen molar-refractivity contribution in [3.8, 4) is 0 Å². The van der Waals surface area contributed by atoms with E-state index in [0.717, 1.165) is 0 Å². The van der Waals surface area contributed by atoms with Gasteiger partial charge in [-0.15, -0.1) is 0 Å². The number of hydrogen-bond donors (Lipinski definition) is 2. The Hall–Kier alpha value is 3.72. The van der Waals surface area contributed by atoms with Crippen LogP contribution in [0.1, 0.15) is 5.71 Å². The summed E-state index contributed by atoms with van der Waals surface area (Å²) in [5, 5.41) is 13.9. The molecule has 1 radical (unpaired) electrons. The Morgan fingerprint density at radius 1 is 1.38 bits per heavy atom. The summed E-state index contributed by atoms with van der Waals surface area (Å²) in [5.41, 5.74) is 0. The molecule has 0 fully saturated rings. The number of rotatable bonds is 0. The van der Waals surface area contributed by atoms with E-state index in [-0.39, 0.29) is 141 Å². The van der Waals surface area contributed by atoms with E-state index in [2.05, 4.69) is 0 Å². The van der Waals surface area contributed by atoms with Crippen molar-refractivity contribution in [1.82, 2.24) is 0 Å². The molecule has 0 aliphatic rings. The third kappa shape index (κ3) is 53.4. The largest absolute Gasteiger partial charge is 2.00 e. The predicted octanol–water partition coefficient (Wildman–Crippen LogP) is -0.0942. The molecule has 0 saturated heterocycles. The molecule has 3 nitrogen and oxygen atoms in total. The summed E-state index contributed by atoms with van der Waals surface area (Å²) in [7, 11) is 0. The van der Waals surface area contributed by atoms with Crippen molar-refractivity contribution in [2.45, 2.75) is 0 Å². The molecular weight excluding hydrogens is 437 g/mol. The van der Waals surface area contributed by atoms with Crippen LogP contribution in [0.4, 0.5) is 4.79 Å². The molecule has 0 unspecified atom stereocenters. The second-order valence-corrected chi connectivity index (χ2v) is 0.283. The molecule has 0 aromatic carbocycles. The Bertz CT molecular complexity index is 53.3. The van der Waals surface area contributed by atoms with Gasteiger partial charge in [-0.1, -0.05) is 0 Å². The van der Waals surface area contributed by atoms with Crippen molar-refractivity contribution in [3.63, 3.8) is 0 Å². The summed E-state index contributed by atoms with van der Waals surface area (Å²) in [6.45, 7) is 0. The van der Waals surface area contributed by atoms with Crippen LogP contribution in [0, 0.1) is 0 Å². The van der Waals surface area contributed by atoms with E-state index >= 15 is 0 Å². The summed E-state index contributed by atoms with van der Waals surface area (Å²) < 4.78 is 0. The van der Waals surface area contributed by atoms with Crippen LogP contribution < -0.4 is 0 Å². The summed E-state index contributed by atoms with van der Waals surface area (Å²) in [6.07, 6.45) is -1.83. The van der Waals surface area contributed by atoms with Crippen LogP contribution in [0.2, 0.25) is 0 Å². The number of carbonyl (C=O) groups is 1. The fraction of sp³-hybridized carbons (Fsp3) is 0. The van der Waals surface area contributed by atoms with Crippen molar-refractivity contribution in [1.29, 1.82) is 0 Å². The average molecular weight is 443 g/mol. The van der Waals surface area contributed by atoms with Gasteiger partial charge >= 0.3 is 92.8 Å². The molecule has 0 rings (SSSR count). The van der Waals surface area contributed by atoms with Crippen molar-refractivity contribution in [3.05, 3.63) is 0 Å². The number of carboxylic acid groups (broad SMARTS) is 2. The van der Waals surface area contributed by atoms with Gasteiger partial charge in [0.15, 0.2) is 0 Å². The summed E-state index contributed by atoms with van der Waals surface area (Å²) in [6, 6.07) is 0. The topological polar surface area (TPSA) is 57.5 Å². The minimum Gasteiger partial charge on any atom is -1.00 e. The summed E-state index contributed by atoms with van der Waals surface area (Å²) >= 11 is 0. The van der Waals surface area contributed by atoms with Gasteiger partial charge < -0.3 is 15.9 Å². The molecule has 7 heteroatoms. The molecule has 0 amide bonds. The standard InChI is InChI=1S/CH2O3.Ag.Ba.Ca.Zr.4H/c2-1(3)4;;;;;;;;/h(H2,2,3,4);;;;;;;;/q;;2*+2;;4*-1. The molecule has 0 aliphatic heterocycles. The Morgan fingerprint density at radius 3 is 1.38 bits per heavy atom. The molecule has 0 atom stereocenters. The monoisotopic (exact) mass is 441 g/mol. The quantitative estimate of drug-likeness (QED) is 0.516. The van der Waals surface area contributed by atoms with E-state index in [4.69, 9.17) is 15.0 Å². The normalized spacial score (nSPS) is 3.00. The maximum atomic E-state index is 8.56. The third-order valence-electron chi connectivity index (χ3n) is 0. The summed E-state index contributed by atoms with van der Waals surface area (Å²) in [4.78, 5) is 8.56. The van der Waals surface area contributed by atoms with E-state index in [9.17, 15) is 0 Å². The van der Waals surface area contributed by atoms with Crippen LogP contribution in [0.25, 0.3) is 0 Å². The molecule has 0 aliphatic carbocycles. The maximum Gasteiger partial charge on any atom is 2.00 e.